The van der Waals surface area contributed by atoms with Gasteiger partial charge in [0.1, 0.15) is 5.69 Å². The quantitative estimate of drug-likeness (QED) is 0.429. The number of nitrogens with zero attached hydrogens (tertiary/aromatic N) is 5. The molecule has 0 aliphatic heterocycles. The van der Waals surface area contributed by atoms with E-state index in [0.717, 1.165) is 40.0 Å². The normalized spacial score (nSPS) is 10.9. The smallest absolute Gasteiger partial charge is 0.236 e. The van der Waals surface area contributed by atoms with E-state index in [9.17, 15) is 4.79 Å². The number of hydrogen-bond donors (Lipinski definition) is 1. The van der Waals surface area contributed by atoms with Crippen LogP contribution in [0.4, 0.5) is 5.13 Å². The molecule has 1 aromatic carbocycles. The number of anilines is 1. The summed E-state index contributed by atoms with van der Waals surface area (Å²) in [7, 11) is 0. The fraction of sp³-hybridized carbons (Fsp3) is 0.190. The van der Waals surface area contributed by atoms with Gasteiger partial charge in [0.15, 0.2) is 16.1 Å². The zero-order chi connectivity index (χ0) is 20.9. The molecule has 30 heavy (non-hydrogen) atoms. The third kappa shape index (κ3) is 4.42. The SMILES string of the molecule is CCn1c(SCC(=O)Nc2nc(-c3ccccn3)cs2)nnc1-c1ccccc1C. The summed E-state index contributed by atoms with van der Waals surface area (Å²) in [6, 6.07) is 13.7. The monoisotopic (exact) mass is 436 g/mol. The molecule has 1 N–H and O–H groups in total. The summed E-state index contributed by atoms with van der Waals surface area (Å²) in [5.74, 6) is 0.910. The Morgan fingerprint density at radius 2 is 1.97 bits per heavy atom. The highest BCUT2D eigenvalue weighted by Crippen LogP contribution is 2.27. The van der Waals surface area contributed by atoms with Crippen LogP contribution in [0.5, 0.6) is 0 Å². The largest absolute Gasteiger partial charge is 0.302 e. The predicted octanol–water partition coefficient (Wildman–Crippen LogP) is 4.52. The van der Waals surface area contributed by atoms with E-state index in [1.54, 1.807) is 6.20 Å². The van der Waals surface area contributed by atoms with Crippen LogP contribution in [-0.2, 0) is 11.3 Å². The van der Waals surface area contributed by atoms with Gasteiger partial charge >= 0.3 is 0 Å². The first-order chi connectivity index (χ1) is 14.7. The molecule has 0 radical (unpaired) electrons. The Labute approximate surface area is 182 Å². The molecule has 0 bridgehead atoms. The van der Waals surface area contributed by atoms with Gasteiger partial charge in [-0.15, -0.1) is 21.5 Å². The molecular weight excluding hydrogens is 416 g/mol. The molecule has 7 nitrogen and oxygen atoms in total. The minimum atomic E-state index is -0.134. The van der Waals surface area contributed by atoms with Crippen LogP contribution in [-0.4, -0.2) is 36.4 Å². The third-order valence-corrected chi connectivity index (χ3v) is 6.15. The van der Waals surface area contributed by atoms with Crippen LogP contribution in [0.15, 0.2) is 59.2 Å². The van der Waals surface area contributed by atoms with Crippen molar-refractivity contribution in [2.75, 3.05) is 11.1 Å². The standard InChI is InChI=1S/C21H20N6OS2/c1-3-27-19(15-9-5-4-8-14(15)2)25-26-21(27)30-13-18(28)24-20-23-17(12-29-20)16-10-6-7-11-22-16/h4-12H,3,13H2,1-2H3,(H,23,24,28). The molecule has 0 fully saturated rings. The molecular formula is C21H20N6OS2. The first-order valence-corrected chi connectivity index (χ1v) is 11.3. The van der Waals surface area contributed by atoms with Crippen molar-refractivity contribution in [1.82, 2.24) is 24.7 Å². The lowest BCUT2D eigenvalue weighted by Crippen LogP contribution is -2.14. The van der Waals surface area contributed by atoms with E-state index < -0.39 is 0 Å². The van der Waals surface area contributed by atoms with Gasteiger partial charge in [-0.3, -0.25) is 9.78 Å². The molecule has 0 atom stereocenters. The fourth-order valence-corrected chi connectivity index (χ4v) is 4.47. The fourth-order valence-electron chi connectivity index (χ4n) is 2.95. The Bertz CT molecular complexity index is 1160. The average molecular weight is 437 g/mol. The molecule has 0 saturated carbocycles. The maximum Gasteiger partial charge on any atom is 0.236 e. The van der Waals surface area contributed by atoms with E-state index >= 15 is 0 Å². The number of hydrogen-bond acceptors (Lipinski definition) is 7. The first kappa shape index (κ1) is 20.2. The topological polar surface area (TPSA) is 85.6 Å². The van der Waals surface area contributed by atoms with Gasteiger partial charge in [0, 0.05) is 23.7 Å². The minimum Gasteiger partial charge on any atom is -0.302 e. The van der Waals surface area contributed by atoms with Crippen molar-refractivity contribution < 1.29 is 4.79 Å². The molecule has 3 aromatic heterocycles. The molecule has 0 saturated heterocycles. The summed E-state index contributed by atoms with van der Waals surface area (Å²) < 4.78 is 2.03. The number of amides is 1. The Hall–Kier alpha value is -3.04. The van der Waals surface area contributed by atoms with E-state index in [2.05, 4.69) is 38.5 Å². The lowest BCUT2D eigenvalue weighted by molar-refractivity contribution is -0.113. The number of pyridine rings is 1. The van der Waals surface area contributed by atoms with Gasteiger partial charge in [0.25, 0.3) is 0 Å². The van der Waals surface area contributed by atoms with E-state index in [4.69, 9.17) is 0 Å². The maximum absolute atomic E-state index is 12.4. The minimum absolute atomic E-state index is 0.134. The van der Waals surface area contributed by atoms with Gasteiger partial charge in [-0.2, -0.15) is 0 Å². The van der Waals surface area contributed by atoms with E-state index in [-0.39, 0.29) is 11.7 Å². The van der Waals surface area contributed by atoms with Crippen molar-refractivity contribution in [1.29, 1.82) is 0 Å². The zero-order valence-corrected chi connectivity index (χ0v) is 18.2. The van der Waals surface area contributed by atoms with Gasteiger partial charge < -0.3 is 9.88 Å². The predicted molar refractivity (Wildman–Crippen MR) is 121 cm³/mol. The van der Waals surface area contributed by atoms with Crippen LogP contribution < -0.4 is 5.32 Å². The summed E-state index contributed by atoms with van der Waals surface area (Å²) >= 11 is 2.74. The number of aromatic nitrogens is 5. The van der Waals surface area contributed by atoms with Gasteiger partial charge in [-0.25, -0.2) is 4.98 Å². The molecule has 0 spiro atoms. The summed E-state index contributed by atoms with van der Waals surface area (Å²) in [6.07, 6.45) is 1.72. The molecule has 0 unspecified atom stereocenters. The van der Waals surface area contributed by atoms with Crippen LogP contribution in [0, 0.1) is 6.92 Å². The van der Waals surface area contributed by atoms with E-state index in [1.165, 1.54) is 23.1 Å². The zero-order valence-electron chi connectivity index (χ0n) is 16.6. The lowest BCUT2D eigenvalue weighted by Gasteiger charge is -2.09. The van der Waals surface area contributed by atoms with E-state index in [1.807, 2.05) is 53.3 Å². The van der Waals surface area contributed by atoms with Gasteiger partial charge in [-0.1, -0.05) is 42.1 Å². The second-order valence-electron chi connectivity index (χ2n) is 6.46. The Kier molecular flexibility index (Phi) is 6.20. The van der Waals surface area contributed by atoms with Crippen LogP contribution >= 0.6 is 23.1 Å². The van der Waals surface area contributed by atoms with Crippen LogP contribution in [0.3, 0.4) is 0 Å². The second-order valence-corrected chi connectivity index (χ2v) is 8.26. The molecule has 152 valence electrons. The van der Waals surface area contributed by atoms with Crippen molar-refractivity contribution in [2.45, 2.75) is 25.5 Å². The number of nitrogens with one attached hydrogen (secondary N) is 1. The van der Waals surface area contributed by atoms with Crippen LogP contribution in [0.2, 0.25) is 0 Å². The van der Waals surface area contributed by atoms with Crippen LogP contribution in [0.1, 0.15) is 12.5 Å². The molecule has 4 aromatic rings. The third-order valence-electron chi connectivity index (χ3n) is 4.43. The lowest BCUT2D eigenvalue weighted by atomic mass is 10.1. The Balaban J connectivity index is 1.41. The molecule has 0 aliphatic carbocycles. The summed E-state index contributed by atoms with van der Waals surface area (Å²) in [5.41, 5.74) is 3.72. The Morgan fingerprint density at radius 1 is 1.13 bits per heavy atom. The van der Waals surface area contributed by atoms with Crippen LogP contribution in [0.25, 0.3) is 22.8 Å². The van der Waals surface area contributed by atoms with Crippen molar-refractivity contribution >= 4 is 34.1 Å². The van der Waals surface area contributed by atoms with Crippen molar-refractivity contribution in [3.05, 3.63) is 59.6 Å². The average Bonchev–Trinajstić information content (AvgIpc) is 3.40. The molecule has 4 rings (SSSR count). The van der Waals surface area contributed by atoms with Gasteiger partial charge in [-0.05, 0) is 31.5 Å². The summed E-state index contributed by atoms with van der Waals surface area (Å²) in [5, 5.41) is 14.7. The van der Waals surface area contributed by atoms with Gasteiger partial charge in [0.05, 0.1) is 11.4 Å². The number of carbonyl (C=O) groups excluding carboxylic acids is 1. The highest BCUT2D eigenvalue weighted by atomic mass is 32.2. The van der Waals surface area contributed by atoms with E-state index in [0.29, 0.717) is 5.13 Å². The number of rotatable bonds is 7. The van der Waals surface area contributed by atoms with Crippen molar-refractivity contribution in [3.8, 4) is 22.8 Å². The number of thiazole rings is 1. The number of aryl methyl sites for hydroxylation is 1. The number of thioether (sulfide) groups is 1. The Morgan fingerprint density at radius 3 is 2.73 bits per heavy atom. The number of carbonyl (C=O) groups is 1. The highest BCUT2D eigenvalue weighted by Gasteiger charge is 2.16. The van der Waals surface area contributed by atoms with Gasteiger partial charge in [0.2, 0.25) is 5.91 Å². The van der Waals surface area contributed by atoms with Crippen molar-refractivity contribution in [3.63, 3.8) is 0 Å². The molecule has 1 amide bonds. The number of benzene rings is 1. The summed E-state index contributed by atoms with van der Waals surface area (Å²) in [4.78, 5) is 21.1. The maximum atomic E-state index is 12.4. The second kappa shape index (κ2) is 9.19. The van der Waals surface area contributed by atoms with Crippen molar-refractivity contribution in [2.24, 2.45) is 0 Å². The molecule has 9 heteroatoms. The molecule has 0 aliphatic rings. The first-order valence-electron chi connectivity index (χ1n) is 9.44. The highest BCUT2D eigenvalue weighted by molar-refractivity contribution is 7.99. The summed E-state index contributed by atoms with van der Waals surface area (Å²) in [6.45, 7) is 4.82. The molecule has 3 heterocycles.